The molecule has 1 rings (SSSR count). The molecule has 1 aromatic rings. The monoisotopic (exact) mass is 254 g/mol. The van der Waals surface area contributed by atoms with Gasteiger partial charge in [0.05, 0.1) is 24.1 Å². The molecule has 5 nitrogen and oxygen atoms in total. The Morgan fingerprint density at radius 2 is 2.53 bits per heavy atom. The molecule has 0 spiro atoms. The third-order valence-electron chi connectivity index (χ3n) is 1.72. The van der Waals surface area contributed by atoms with Gasteiger partial charge in [0.25, 0.3) is 0 Å². The largest absolute Gasteiger partial charge is 0.384 e. The molecule has 2 N–H and O–H groups in total. The highest BCUT2D eigenvalue weighted by atomic mass is 32.1. The van der Waals surface area contributed by atoms with Gasteiger partial charge in [0.2, 0.25) is 5.91 Å². The maximum atomic E-state index is 11.4. The third-order valence-corrected chi connectivity index (χ3v) is 2.55. The van der Waals surface area contributed by atoms with Gasteiger partial charge in [-0.15, -0.1) is 0 Å². The van der Waals surface area contributed by atoms with Gasteiger partial charge in [0.15, 0.2) is 5.13 Å². The van der Waals surface area contributed by atoms with Crippen LogP contribution in [0.3, 0.4) is 0 Å². The van der Waals surface area contributed by atoms with Crippen molar-refractivity contribution in [2.45, 2.75) is 13.3 Å². The van der Waals surface area contributed by atoms with Crippen LogP contribution in [0.4, 0.5) is 5.13 Å². The standard InChI is InChI=1S/C11H14N2O3S/c1-2-16-7-5-10(15)13-11-12-8-9(17-11)4-3-6-14/h8,14H,2,5-7H2,1H3,(H,12,13,15). The number of carbonyl (C=O) groups excluding carboxylic acids is 1. The Labute approximate surface area is 104 Å². The third kappa shape index (κ3) is 5.45. The van der Waals surface area contributed by atoms with Crippen LogP contribution in [-0.2, 0) is 9.53 Å². The van der Waals surface area contributed by atoms with E-state index in [1.807, 2.05) is 6.92 Å². The van der Waals surface area contributed by atoms with Crippen molar-refractivity contribution in [3.8, 4) is 11.8 Å². The molecule has 0 bridgehead atoms. The summed E-state index contributed by atoms with van der Waals surface area (Å²) in [5, 5.41) is 11.7. The quantitative estimate of drug-likeness (QED) is 0.603. The molecule has 92 valence electrons. The summed E-state index contributed by atoms with van der Waals surface area (Å²) < 4.78 is 5.07. The Bertz CT molecular complexity index is 420. The predicted molar refractivity (Wildman–Crippen MR) is 65.8 cm³/mol. The number of aromatic nitrogens is 1. The van der Waals surface area contributed by atoms with Gasteiger partial charge in [-0.3, -0.25) is 4.79 Å². The molecule has 0 fully saturated rings. The highest BCUT2D eigenvalue weighted by Crippen LogP contribution is 2.16. The summed E-state index contributed by atoms with van der Waals surface area (Å²) in [7, 11) is 0. The smallest absolute Gasteiger partial charge is 0.228 e. The van der Waals surface area contributed by atoms with E-state index in [9.17, 15) is 4.79 Å². The lowest BCUT2D eigenvalue weighted by Crippen LogP contribution is -2.13. The van der Waals surface area contributed by atoms with Gasteiger partial charge < -0.3 is 15.2 Å². The molecule has 0 aliphatic rings. The van der Waals surface area contributed by atoms with Crippen LogP contribution in [0, 0.1) is 11.8 Å². The fraction of sp³-hybridized carbons (Fsp3) is 0.455. The van der Waals surface area contributed by atoms with E-state index in [2.05, 4.69) is 22.1 Å². The molecule has 17 heavy (non-hydrogen) atoms. The minimum atomic E-state index is -0.187. The molecule has 0 unspecified atom stereocenters. The van der Waals surface area contributed by atoms with Gasteiger partial charge in [-0.2, -0.15) is 0 Å². The van der Waals surface area contributed by atoms with Crippen LogP contribution in [-0.4, -0.2) is 35.8 Å². The van der Waals surface area contributed by atoms with E-state index in [1.165, 1.54) is 11.3 Å². The highest BCUT2D eigenvalue weighted by Gasteiger charge is 2.05. The molecule has 1 amide bonds. The van der Waals surface area contributed by atoms with Crippen molar-refractivity contribution >= 4 is 22.4 Å². The summed E-state index contributed by atoms with van der Waals surface area (Å²) in [6, 6.07) is 0. The van der Waals surface area contributed by atoms with Crippen molar-refractivity contribution in [1.82, 2.24) is 4.98 Å². The average Bonchev–Trinajstić information content (AvgIpc) is 2.74. The maximum absolute atomic E-state index is 11.4. The number of nitrogens with zero attached hydrogens (tertiary/aromatic N) is 1. The fourth-order valence-corrected chi connectivity index (χ4v) is 1.71. The molecule has 0 radical (unpaired) electrons. The molecule has 1 aromatic heterocycles. The Morgan fingerprint density at radius 1 is 1.71 bits per heavy atom. The first-order valence-corrected chi connectivity index (χ1v) is 6.01. The summed E-state index contributed by atoms with van der Waals surface area (Å²) in [5.41, 5.74) is 0. The van der Waals surface area contributed by atoms with Crippen molar-refractivity contribution in [2.24, 2.45) is 0 Å². The van der Waals surface area contributed by atoms with Gasteiger partial charge in [0, 0.05) is 6.61 Å². The number of thiazole rings is 1. The van der Waals surface area contributed by atoms with Crippen molar-refractivity contribution < 1.29 is 14.6 Å². The van der Waals surface area contributed by atoms with Gasteiger partial charge in [-0.25, -0.2) is 4.98 Å². The molecule has 0 atom stereocenters. The summed E-state index contributed by atoms with van der Waals surface area (Å²) >= 11 is 1.27. The minimum Gasteiger partial charge on any atom is -0.384 e. The lowest BCUT2D eigenvalue weighted by atomic mass is 10.4. The van der Waals surface area contributed by atoms with E-state index in [0.29, 0.717) is 29.6 Å². The van der Waals surface area contributed by atoms with Crippen molar-refractivity contribution in [2.75, 3.05) is 25.1 Å². The number of amides is 1. The number of nitrogens with one attached hydrogen (secondary N) is 1. The predicted octanol–water partition coefficient (Wildman–Crippen LogP) is 0.852. The zero-order valence-electron chi connectivity index (χ0n) is 9.52. The van der Waals surface area contributed by atoms with Gasteiger partial charge in [0.1, 0.15) is 6.61 Å². The number of anilines is 1. The molecular weight excluding hydrogens is 240 g/mol. The Morgan fingerprint density at radius 3 is 3.24 bits per heavy atom. The summed E-state index contributed by atoms with van der Waals surface area (Å²) in [6.07, 6.45) is 1.87. The molecule has 0 aliphatic heterocycles. The molecule has 1 heterocycles. The first-order chi connectivity index (χ1) is 8.26. The number of rotatable bonds is 5. The van der Waals surface area contributed by atoms with Crippen LogP contribution in [0.25, 0.3) is 0 Å². The number of carbonyl (C=O) groups is 1. The first-order valence-electron chi connectivity index (χ1n) is 5.19. The normalized spacial score (nSPS) is 9.53. The second-order valence-electron chi connectivity index (χ2n) is 2.98. The van der Waals surface area contributed by atoms with Gasteiger partial charge in [-0.1, -0.05) is 23.2 Å². The van der Waals surface area contributed by atoms with Crippen molar-refractivity contribution in [1.29, 1.82) is 0 Å². The Kier molecular flexibility index (Phi) is 6.25. The number of aliphatic hydroxyl groups excluding tert-OH is 1. The van der Waals surface area contributed by atoms with Crippen LogP contribution in [0.15, 0.2) is 6.20 Å². The van der Waals surface area contributed by atoms with Gasteiger partial charge in [-0.05, 0) is 6.92 Å². The number of aliphatic hydroxyl groups is 1. The van der Waals surface area contributed by atoms with Crippen LogP contribution in [0.2, 0.25) is 0 Å². The molecule has 0 saturated carbocycles. The molecule has 0 aromatic carbocycles. The number of hydrogen-bond acceptors (Lipinski definition) is 5. The van der Waals surface area contributed by atoms with Crippen LogP contribution < -0.4 is 5.32 Å². The van der Waals surface area contributed by atoms with E-state index >= 15 is 0 Å². The van der Waals surface area contributed by atoms with E-state index in [-0.39, 0.29) is 12.5 Å². The second kappa shape index (κ2) is 7.79. The SMILES string of the molecule is CCOCCC(=O)Nc1ncc(C#CCO)s1. The molecule has 6 heteroatoms. The minimum absolute atomic E-state index is 0.130. The van der Waals surface area contributed by atoms with Crippen molar-refractivity contribution in [3.05, 3.63) is 11.1 Å². The van der Waals surface area contributed by atoms with E-state index < -0.39 is 0 Å². The summed E-state index contributed by atoms with van der Waals surface area (Å²) in [4.78, 5) is 16.1. The van der Waals surface area contributed by atoms with E-state index in [4.69, 9.17) is 9.84 Å². The molecule has 0 saturated heterocycles. The molecule has 0 aliphatic carbocycles. The summed E-state index contributed by atoms with van der Waals surface area (Å²) in [6.45, 7) is 2.70. The van der Waals surface area contributed by atoms with E-state index in [0.717, 1.165) is 0 Å². The van der Waals surface area contributed by atoms with Crippen LogP contribution in [0.5, 0.6) is 0 Å². The van der Waals surface area contributed by atoms with Crippen molar-refractivity contribution in [3.63, 3.8) is 0 Å². The Balaban J connectivity index is 2.40. The lowest BCUT2D eigenvalue weighted by Gasteiger charge is -2.01. The molecular formula is C11H14N2O3S. The zero-order chi connectivity index (χ0) is 12.5. The fourth-order valence-electron chi connectivity index (χ4n) is 1.01. The Hall–Kier alpha value is -1.42. The first kappa shape index (κ1) is 13.6. The average molecular weight is 254 g/mol. The van der Waals surface area contributed by atoms with Crippen LogP contribution in [0.1, 0.15) is 18.2 Å². The van der Waals surface area contributed by atoms with Crippen LogP contribution >= 0.6 is 11.3 Å². The van der Waals surface area contributed by atoms with E-state index in [1.54, 1.807) is 6.20 Å². The topological polar surface area (TPSA) is 71.5 Å². The number of ether oxygens (including phenoxy) is 1. The summed E-state index contributed by atoms with van der Waals surface area (Å²) in [5.74, 6) is 5.11. The highest BCUT2D eigenvalue weighted by molar-refractivity contribution is 7.16. The maximum Gasteiger partial charge on any atom is 0.228 e. The lowest BCUT2D eigenvalue weighted by molar-refractivity contribution is -0.117. The number of hydrogen-bond donors (Lipinski definition) is 2. The van der Waals surface area contributed by atoms with Gasteiger partial charge >= 0.3 is 0 Å². The zero-order valence-corrected chi connectivity index (χ0v) is 10.3. The second-order valence-corrected chi connectivity index (χ2v) is 4.02.